The molecule has 6 nitrogen and oxygen atoms in total. The molecule has 0 aliphatic rings. The summed E-state index contributed by atoms with van der Waals surface area (Å²) in [5, 5.41) is 9.15. The van der Waals surface area contributed by atoms with Crippen molar-refractivity contribution >= 4 is 12.1 Å². The molecule has 0 saturated heterocycles. The Morgan fingerprint density at radius 1 is 1.04 bits per heavy atom. The highest BCUT2D eigenvalue weighted by molar-refractivity contribution is 5.79. The monoisotopic (exact) mass is 348 g/mol. The maximum absolute atomic E-state index is 11.6. The SMILES string of the molecule is CCNC(=NCc1ccccc1CC)NCCNC(=O)OC(C)(C)C. The number of benzene rings is 1. The van der Waals surface area contributed by atoms with Gasteiger partial charge in [-0.1, -0.05) is 31.2 Å². The molecule has 0 aliphatic carbocycles. The number of hydrogen-bond acceptors (Lipinski definition) is 3. The van der Waals surface area contributed by atoms with Gasteiger partial charge in [-0.3, -0.25) is 0 Å². The van der Waals surface area contributed by atoms with Crippen LogP contribution in [0.3, 0.4) is 0 Å². The largest absolute Gasteiger partial charge is 0.444 e. The first kappa shape index (κ1) is 20.8. The molecule has 0 atom stereocenters. The third-order valence-corrected chi connectivity index (χ3v) is 3.34. The Bertz CT molecular complexity index is 565. The van der Waals surface area contributed by atoms with Crippen LogP contribution in [0.2, 0.25) is 0 Å². The van der Waals surface area contributed by atoms with Gasteiger partial charge in [0.2, 0.25) is 0 Å². The number of rotatable bonds is 7. The Balaban J connectivity index is 2.47. The van der Waals surface area contributed by atoms with Gasteiger partial charge >= 0.3 is 6.09 Å². The van der Waals surface area contributed by atoms with Gasteiger partial charge in [0.15, 0.2) is 5.96 Å². The summed E-state index contributed by atoms with van der Waals surface area (Å²) in [6.45, 7) is 12.1. The summed E-state index contributed by atoms with van der Waals surface area (Å²) in [5.41, 5.74) is 2.06. The quantitative estimate of drug-likeness (QED) is 0.402. The minimum absolute atomic E-state index is 0.409. The normalized spacial score (nSPS) is 11.8. The molecule has 0 radical (unpaired) electrons. The molecule has 6 heteroatoms. The van der Waals surface area contributed by atoms with E-state index in [-0.39, 0.29) is 0 Å². The zero-order chi connectivity index (χ0) is 18.7. The van der Waals surface area contributed by atoms with Crippen molar-refractivity contribution in [2.45, 2.75) is 53.2 Å². The predicted molar refractivity (Wildman–Crippen MR) is 103 cm³/mol. The van der Waals surface area contributed by atoms with Crippen LogP contribution in [0.5, 0.6) is 0 Å². The molecule has 0 heterocycles. The molecule has 0 aromatic heterocycles. The lowest BCUT2D eigenvalue weighted by atomic mass is 10.1. The Morgan fingerprint density at radius 3 is 2.28 bits per heavy atom. The van der Waals surface area contributed by atoms with Gasteiger partial charge in [-0.2, -0.15) is 0 Å². The molecule has 1 amide bonds. The second-order valence-corrected chi connectivity index (χ2v) is 6.67. The summed E-state index contributed by atoms with van der Waals surface area (Å²) in [4.78, 5) is 16.2. The van der Waals surface area contributed by atoms with Gasteiger partial charge in [0.25, 0.3) is 0 Å². The Kier molecular flexibility index (Phi) is 8.81. The number of nitrogens with one attached hydrogen (secondary N) is 3. The van der Waals surface area contributed by atoms with E-state index < -0.39 is 11.7 Å². The van der Waals surface area contributed by atoms with E-state index in [0.717, 1.165) is 18.9 Å². The molecule has 0 bridgehead atoms. The molecule has 1 rings (SSSR count). The van der Waals surface area contributed by atoms with E-state index in [1.807, 2.05) is 33.8 Å². The minimum atomic E-state index is -0.486. The van der Waals surface area contributed by atoms with Crippen molar-refractivity contribution in [3.05, 3.63) is 35.4 Å². The Morgan fingerprint density at radius 2 is 1.68 bits per heavy atom. The highest BCUT2D eigenvalue weighted by Crippen LogP contribution is 2.10. The predicted octanol–water partition coefficient (Wildman–Crippen LogP) is 2.83. The Labute approximate surface area is 151 Å². The third-order valence-electron chi connectivity index (χ3n) is 3.34. The minimum Gasteiger partial charge on any atom is -0.444 e. The van der Waals surface area contributed by atoms with Crippen LogP contribution in [0.4, 0.5) is 4.79 Å². The number of hydrogen-bond donors (Lipinski definition) is 3. The van der Waals surface area contributed by atoms with Crippen LogP contribution in [0.15, 0.2) is 29.3 Å². The number of guanidine groups is 1. The van der Waals surface area contributed by atoms with Crippen LogP contribution in [-0.2, 0) is 17.7 Å². The van der Waals surface area contributed by atoms with Crippen LogP contribution < -0.4 is 16.0 Å². The summed E-state index contributed by atoms with van der Waals surface area (Å²) in [6, 6.07) is 8.33. The average Bonchev–Trinajstić information content (AvgIpc) is 2.55. The molecule has 1 aromatic carbocycles. The number of carbonyl (C=O) groups excluding carboxylic acids is 1. The lowest BCUT2D eigenvalue weighted by Gasteiger charge is -2.20. The van der Waals surface area contributed by atoms with Crippen molar-refractivity contribution in [1.82, 2.24) is 16.0 Å². The average molecular weight is 348 g/mol. The molecule has 0 spiro atoms. The number of amides is 1. The summed E-state index contributed by atoms with van der Waals surface area (Å²) < 4.78 is 5.20. The second kappa shape index (κ2) is 10.6. The first-order valence-electron chi connectivity index (χ1n) is 8.91. The first-order chi connectivity index (χ1) is 11.9. The van der Waals surface area contributed by atoms with Crippen molar-refractivity contribution in [2.75, 3.05) is 19.6 Å². The van der Waals surface area contributed by atoms with E-state index >= 15 is 0 Å². The van der Waals surface area contributed by atoms with E-state index in [2.05, 4.69) is 46.1 Å². The standard InChI is InChI=1S/C19H32N4O2/c1-6-15-10-8-9-11-16(15)14-23-17(20-7-2)21-12-13-22-18(24)25-19(3,4)5/h8-11H,6-7,12-14H2,1-5H3,(H,22,24)(H2,20,21,23). The first-order valence-corrected chi connectivity index (χ1v) is 8.91. The van der Waals surface area contributed by atoms with Crippen molar-refractivity contribution in [3.8, 4) is 0 Å². The van der Waals surface area contributed by atoms with Crippen molar-refractivity contribution in [3.63, 3.8) is 0 Å². The zero-order valence-electron chi connectivity index (χ0n) is 16.1. The molecule has 0 unspecified atom stereocenters. The van der Waals surface area contributed by atoms with E-state index in [0.29, 0.717) is 19.6 Å². The van der Waals surface area contributed by atoms with Gasteiger partial charge in [-0.05, 0) is 45.2 Å². The van der Waals surface area contributed by atoms with Gasteiger partial charge in [0, 0.05) is 19.6 Å². The third kappa shape index (κ3) is 8.98. The molecular weight excluding hydrogens is 316 g/mol. The van der Waals surface area contributed by atoms with Crippen molar-refractivity contribution in [1.29, 1.82) is 0 Å². The summed E-state index contributed by atoms with van der Waals surface area (Å²) in [7, 11) is 0. The lowest BCUT2D eigenvalue weighted by molar-refractivity contribution is 0.0529. The number of aryl methyl sites for hydroxylation is 1. The van der Waals surface area contributed by atoms with E-state index in [1.165, 1.54) is 11.1 Å². The smallest absolute Gasteiger partial charge is 0.407 e. The summed E-state index contributed by atoms with van der Waals surface area (Å²) >= 11 is 0. The number of aliphatic imine (C=N–C) groups is 1. The van der Waals surface area contributed by atoms with Crippen LogP contribution in [0, 0.1) is 0 Å². The van der Waals surface area contributed by atoms with E-state index in [1.54, 1.807) is 0 Å². The van der Waals surface area contributed by atoms with Gasteiger partial charge in [-0.15, -0.1) is 0 Å². The number of alkyl carbamates (subject to hydrolysis) is 1. The molecule has 3 N–H and O–H groups in total. The lowest BCUT2D eigenvalue weighted by Crippen LogP contribution is -2.42. The fourth-order valence-electron chi connectivity index (χ4n) is 2.22. The number of carbonyl (C=O) groups is 1. The molecule has 25 heavy (non-hydrogen) atoms. The van der Waals surface area contributed by atoms with Gasteiger partial charge in [-0.25, -0.2) is 9.79 Å². The molecule has 1 aromatic rings. The fraction of sp³-hybridized carbons (Fsp3) is 0.579. The zero-order valence-corrected chi connectivity index (χ0v) is 16.1. The molecular formula is C19H32N4O2. The number of ether oxygens (including phenoxy) is 1. The van der Waals surface area contributed by atoms with Crippen LogP contribution in [0.25, 0.3) is 0 Å². The summed E-state index contributed by atoms with van der Waals surface area (Å²) in [6.07, 6.45) is 0.586. The van der Waals surface area contributed by atoms with Gasteiger partial charge in [0.05, 0.1) is 6.54 Å². The molecule has 0 aliphatic heterocycles. The molecule has 0 fully saturated rings. The van der Waals surface area contributed by atoms with Crippen molar-refractivity contribution < 1.29 is 9.53 Å². The topological polar surface area (TPSA) is 74.8 Å². The van der Waals surface area contributed by atoms with Crippen molar-refractivity contribution in [2.24, 2.45) is 4.99 Å². The molecule has 0 saturated carbocycles. The number of nitrogens with zero attached hydrogens (tertiary/aromatic N) is 1. The van der Waals surface area contributed by atoms with E-state index in [4.69, 9.17) is 4.74 Å². The van der Waals surface area contributed by atoms with Gasteiger partial charge < -0.3 is 20.7 Å². The second-order valence-electron chi connectivity index (χ2n) is 6.67. The highest BCUT2D eigenvalue weighted by atomic mass is 16.6. The van der Waals surface area contributed by atoms with E-state index in [9.17, 15) is 4.79 Å². The maximum atomic E-state index is 11.6. The Hall–Kier alpha value is -2.24. The molecule has 140 valence electrons. The van der Waals surface area contributed by atoms with Crippen LogP contribution >= 0.6 is 0 Å². The highest BCUT2D eigenvalue weighted by Gasteiger charge is 2.15. The fourth-order valence-corrected chi connectivity index (χ4v) is 2.22. The van der Waals surface area contributed by atoms with Gasteiger partial charge in [0.1, 0.15) is 5.60 Å². The summed E-state index contributed by atoms with van der Waals surface area (Å²) in [5.74, 6) is 0.736. The van der Waals surface area contributed by atoms with Crippen LogP contribution in [0.1, 0.15) is 45.7 Å². The van der Waals surface area contributed by atoms with Crippen LogP contribution in [-0.4, -0.2) is 37.3 Å². The maximum Gasteiger partial charge on any atom is 0.407 e.